The van der Waals surface area contributed by atoms with Gasteiger partial charge in [0.1, 0.15) is 0 Å². The van der Waals surface area contributed by atoms with Crippen molar-refractivity contribution in [2.75, 3.05) is 4.90 Å². The molecule has 0 saturated heterocycles. The second-order valence-corrected chi connectivity index (χ2v) is 12.5. The topological polar surface area (TPSA) is 3.24 Å². The van der Waals surface area contributed by atoms with Crippen LogP contribution in [0, 0.1) is 0 Å². The lowest BCUT2D eigenvalue weighted by atomic mass is 9.70. The fourth-order valence-electron chi connectivity index (χ4n) is 8.37. The Balaban J connectivity index is 1.25. The third-order valence-corrected chi connectivity index (χ3v) is 10.2. The van der Waals surface area contributed by atoms with Crippen molar-refractivity contribution in [2.24, 2.45) is 0 Å². The van der Waals surface area contributed by atoms with Crippen molar-refractivity contribution in [1.82, 2.24) is 0 Å². The Morgan fingerprint density at radius 3 is 1.63 bits per heavy atom. The van der Waals surface area contributed by atoms with Gasteiger partial charge in [-0.2, -0.15) is 0 Å². The van der Waals surface area contributed by atoms with E-state index in [1.54, 1.807) is 0 Å². The molecule has 0 saturated carbocycles. The van der Waals surface area contributed by atoms with Gasteiger partial charge < -0.3 is 4.90 Å². The van der Waals surface area contributed by atoms with Gasteiger partial charge >= 0.3 is 0 Å². The van der Waals surface area contributed by atoms with Crippen LogP contribution in [0.2, 0.25) is 0 Å². The van der Waals surface area contributed by atoms with E-state index in [1.807, 2.05) is 0 Å². The number of nitrogens with zero attached hydrogens (tertiary/aromatic N) is 1. The molecule has 0 radical (unpaired) electrons. The monoisotopic (exact) mass is 583 g/mol. The normalized spacial score (nSPS) is 13.4. The molecule has 0 amide bonds. The molecule has 0 N–H and O–H groups in total. The van der Waals surface area contributed by atoms with Gasteiger partial charge in [0.2, 0.25) is 0 Å². The molecule has 0 aromatic heterocycles. The first kappa shape index (κ1) is 25.4. The summed E-state index contributed by atoms with van der Waals surface area (Å²) in [5, 5.41) is 4.96. The summed E-state index contributed by atoms with van der Waals surface area (Å²) in [7, 11) is 0. The third kappa shape index (κ3) is 3.35. The van der Waals surface area contributed by atoms with E-state index in [0.29, 0.717) is 0 Å². The molecule has 46 heavy (non-hydrogen) atoms. The Morgan fingerprint density at radius 2 is 0.913 bits per heavy atom. The molecule has 0 fully saturated rings. The summed E-state index contributed by atoms with van der Waals surface area (Å²) in [5.74, 6) is 0. The summed E-state index contributed by atoms with van der Waals surface area (Å²) in [6, 6.07) is 65.0. The lowest BCUT2D eigenvalue weighted by molar-refractivity contribution is 0.795. The van der Waals surface area contributed by atoms with Crippen LogP contribution >= 0.6 is 0 Å². The zero-order chi connectivity index (χ0) is 30.2. The van der Waals surface area contributed by atoms with Gasteiger partial charge in [0, 0.05) is 16.8 Å². The second kappa shape index (κ2) is 9.54. The minimum absolute atomic E-state index is 0.349. The molecule has 0 unspecified atom stereocenters. The number of anilines is 3. The van der Waals surface area contributed by atoms with Crippen molar-refractivity contribution in [2.45, 2.75) is 5.41 Å². The largest absolute Gasteiger partial charge is 0.310 e. The smallest absolute Gasteiger partial charge is 0.0725 e. The van der Waals surface area contributed by atoms with E-state index in [2.05, 4.69) is 181 Å². The molecule has 2 aliphatic rings. The Kier molecular flexibility index (Phi) is 5.27. The Morgan fingerprint density at radius 1 is 0.326 bits per heavy atom. The minimum Gasteiger partial charge on any atom is -0.310 e. The van der Waals surface area contributed by atoms with Crippen LogP contribution < -0.4 is 4.90 Å². The van der Waals surface area contributed by atoms with Crippen molar-refractivity contribution in [3.63, 3.8) is 0 Å². The summed E-state index contributed by atoms with van der Waals surface area (Å²) in [5.41, 5.74) is 13.9. The van der Waals surface area contributed by atoms with Crippen LogP contribution in [0.25, 0.3) is 43.8 Å². The molecule has 2 aliphatic carbocycles. The molecule has 10 rings (SSSR count). The molecule has 0 heterocycles. The first-order valence-electron chi connectivity index (χ1n) is 16.0. The third-order valence-electron chi connectivity index (χ3n) is 10.2. The van der Waals surface area contributed by atoms with Gasteiger partial charge in [0.15, 0.2) is 0 Å². The van der Waals surface area contributed by atoms with Crippen molar-refractivity contribution in [1.29, 1.82) is 0 Å². The highest BCUT2D eigenvalue weighted by Crippen LogP contribution is 2.63. The molecular weight excluding hydrogens is 555 g/mol. The molecule has 0 atom stereocenters. The lowest BCUT2D eigenvalue weighted by Crippen LogP contribution is -2.25. The zero-order valence-electron chi connectivity index (χ0n) is 25.2. The predicted octanol–water partition coefficient (Wildman–Crippen LogP) is 11.8. The molecule has 1 nitrogen and oxygen atoms in total. The van der Waals surface area contributed by atoms with Gasteiger partial charge in [0.05, 0.1) is 11.1 Å². The van der Waals surface area contributed by atoms with E-state index >= 15 is 0 Å². The van der Waals surface area contributed by atoms with Crippen LogP contribution in [0.3, 0.4) is 0 Å². The van der Waals surface area contributed by atoms with Gasteiger partial charge in [-0.05, 0) is 103 Å². The summed E-state index contributed by atoms with van der Waals surface area (Å²) in [4.78, 5) is 2.40. The van der Waals surface area contributed by atoms with E-state index in [-0.39, 0.29) is 5.41 Å². The molecule has 1 spiro atoms. The number of fused-ring (bicyclic) bond motifs is 12. The number of rotatable bonds is 3. The van der Waals surface area contributed by atoms with Crippen LogP contribution in [0.4, 0.5) is 17.1 Å². The van der Waals surface area contributed by atoms with Gasteiger partial charge in [0.25, 0.3) is 0 Å². The molecule has 8 aromatic carbocycles. The van der Waals surface area contributed by atoms with E-state index in [4.69, 9.17) is 0 Å². The summed E-state index contributed by atoms with van der Waals surface area (Å²) < 4.78 is 0. The SMILES string of the molecule is c1ccc(N(c2ccc3cc4c(cc3c2)C2(c3ccccc3-c3ccccc32)c2ccccc2-4)c2cccc3ccccc23)cc1. The van der Waals surface area contributed by atoms with Crippen LogP contribution in [-0.2, 0) is 5.41 Å². The summed E-state index contributed by atoms with van der Waals surface area (Å²) >= 11 is 0. The van der Waals surface area contributed by atoms with Crippen LogP contribution in [0.15, 0.2) is 176 Å². The molecule has 214 valence electrons. The van der Waals surface area contributed by atoms with E-state index < -0.39 is 0 Å². The fourth-order valence-corrected chi connectivity index (χ4v) is 8.37. The maximum absolute atomic E-state index is 2.49. The maximum atomic E-state index is 2.49. The van der Waals surface area contributed by atoms with E-state index in [0.717, 1.165) is 11.4 Å². The average Bonchev–Trinajstić information content (AvgIpc) is 3.58. The predicted molar refractivity (Wildman–Crippen MR) is 192 cm³/mol. The maximum Gasteiger partial charge on any atom is 0.0725 e. The Labute approximate surface area is 268 Å². The number of para-hydroxylation sites is 1. The zero-order valence-corrected chi connectivity index (χ0v) is 25.2. The van der Waals surface area contributed by atoms with Crippen molar-refractivity contribution < 1.29 is 0 Å². The minimum atomic E-state index is -0.349. The molecule has 1 heteroatoms. The van der Waals surface area contributed by atoms with Gasteiger partial charge in [-0.3, -0.25) is 0 Å². The molecular formula is C45H29N. The quantitative estimate of drug-likeness (QED) is 0.200. The highest BCUT2D eigenvalue weighted by molar-refractivity contribution is 6.03. The summed E-state index contributed by atoms with van der Waals surface area (Å²) in [6.07, 6.45) is 0. The molecule has 0 aliphatic heterocycles. The first-order valence-corrected chi connectivity index (χ1v) is 16.0. The van der Waals surface area contributed by atoms with Gasteiger partial charge in [-0.15, -0.1) is 0 Å². The highest BCUT2D eigenvalue weighted by Gasteiger charge is 2.51. The number of benzene rings is 8. The Hall–Kier alpha value is -5.92. The number of hydrogen-bond donors (Lipinski definition) is 0. The van der Waals surface area contributed by atoms with Crippen LogP contribution in [0.1, 0.15) is 22.3 Å². The first-order chi connectivity index (χ1) is 22.8. The molecule has 8 aromatic rings. The standard InChI is InChI=1S/C45H29N/c1-2-15-33(16-3-1)46(44-24-12-14-30-13-4-5-17-35(30)44)34-26-25-31-28-39-38-20-8-11-23-42(38)45(43(39)29-32(31)27-34)40-21-9-6-18-36(40)37-19-7-10-22-41(37)45/h1-29H. The van der Waals surface area contributed by atoms with Crippen LogP contribution in [0.5, 0.6) is 0 Å². The van der Waals surface area contributed by atoms with E-state index in [1.165, 1.54) is 71.7 Å². The summed E-state index contributed by atoms with van der Waals surface area (Å²) in [6.45, 7) is 0. The Bertz CT molecular complexity index is 2440. The lowest BCUT2D eigenvalue weighted by Gasteiger charge is -2.31. The highest BCUT2D eigenvalue weighted by atomic mass is 15.1. The van der Waals surface area contributed by atoms with Crippen molar-refractivity contribution in [3.8, 4) is 22.3 Å². The average molecular weight is 584 g/mol. The van der Waals surface area contributed by atoms with Gasteiger partial charge in [-0.1, -0.05) is 133 Å². The number of hydrogen-bond acceptors (Lipinski definition) is 1. The van der Waals surface area contributed by atoms with Crippen molar-refractivity contribution in [3.05, 3.63) is 198 Å². The molecule has 0 bridgehead atoms. The van der Waals surface area contributed by atoms with Crippen LogP contribution in [-0.4, -0.2) is 0 Å². The fraction of sp³-hybridized carbons (Fsp3) is 0.0222. The van der Waals surface area contributed by atoms with Gasteiger partial charge in [-0.25, -0.2) is 0 Å². The van der Waals surface area contributed by atoms with Crippen molar-refractivity contribution >= 4 is 38.6 Å². The van der Waals surface area contributed by atoms with E-state index in [9.17, 15) is 0 Å². The second-order valence-electron chi connectivity index (χ2n) is 12.5.